The second-order valence-corrected chi connectivity index (χ2v) is 4.45. The molecule has 0 aliphatic heterocycles. The summed E-state index contributed by atoms with van der Waals surface area (Å²) in [6.45, 7) is 0. The Morgan fingerprint density at radius 3 is 2.69 bits per heavy atom. The molecule has 1 unspecified atom stereocenters. The minimum atomic E-state index is -0.115. The van der Waals surface area contributed by atoms with E-state index in [4.69, 9.17) is 5.73 Å². The number of rotatable bonds is 3. The molecule has 2 aromatic rings. The molecule has 0 amide bonds. The van der Waals surface area contributed by atoms with E-state index in [0.29, 0.717) is 0 Å². The van der Waals surface area contributed by atoms with E-state index in [-0.39, 0.29) is 6.04 Å². The number of hydrogen-bond acceptors (Lipinski definition) is 3. The van der Waals surface area contributed by atoms with Gasteiger partial charge in [-0.2, -0.15) is 5.10 Å². The van der Waals surface area contributed by atoms with Crippen LogP contribution >= 0.6 is 11.8 Å². The Morgan fingerprint density at radius 1 is 1.31 bits per heavy atom. The van der Waals surface area contributed by atoms with Gasteiger partial charge in [-0.1, -0.05) is 18.2 Å². The van der Waals surface area contributed by atoms with Crippen LogP contribution < -0.4 is 5.73 Å². The molecule has 0 aliphatic rings. The van der Waals surface area contributed by atoms with Crippen LogP contribution in [0.15, 0.2) is 41.4 Å². The maximum Gasteiger partial charge on any atom is 0.0733 e. The van der Waals surface area contributed by atoms with Gasteiger partial charge in [0.25, 0.3) is 0 Å². The van der Waals surface area contributed by atoms with E-state index in [1.54, 1.807) is 18.0 Å². The summed E-state index contributed by atoms with van der Waals surface area (Å²) in [5.74, 6) is 0. The van der Waals surface area contributed by atoms with Gasteiger partial charge in [-0.15, -0.1) is 11.8 Å². The molecule has 0 fully saturated rings. The fraction of sp³-hybridized carbons (Fsp3) is 0.250. The lowest BCUT2D eigenvalue weighted by atomic mass is 10.0. The van der Waals surface area contributed by atoms with Gasteiger partial charge >= 0.3 is 0 Å². The molecule has 0 saturated heterocycles. The second-order valence-electron chi connectivity index (χ2n) is 3.60. The highest BCUT2D eigenvalue weighted by Crippen LogP contribution is 2.27. The van der Waals surface area contributed by atoms with Crippen LogP contribution in [0.4, 0.5) is 0 Å². The Balaban J connectivity index is 2.41. The lowest BCUT2D eigenvalue weighted by Crippen LogP contribution is -2.16. The molecule has 0 bridgehead atoms. The van der Waals surface area contributed by atoms with E-state index in [2.05, 4.69) is 23.5 Å². The molecule has 2 N–H and O–H groups in total. The fourth-order valence-corrected chi connectivity index (χ4v) is 2.42. The third-order valence-electron chi connectivity index (χ3n) is 2.65. The van der Waals surface area contributed by atoms with Crippen LogP contribution in [-0.4, -0.2) is 16.0 Å². The van der Waals surface area contributed by atoms with Crippen molar-refractivity contribution < 1.29 is 0 Å². The largest absolute Gasteiger partial charge is 0.319 e. The number of nitrogens with zero attached hydrogens (tertiary/aromatic N) is 2. The average Bonchev–Trinajstić information content (AvgIpc) is 2.74. The first-order chi connectivity index (χ1) is 7.74. The van der Waals surface area contributed by atoms with Crippen molar-refractivity contribution in [2.45, 2.75) is 10.9 Å². The van der Waals surface area contributed by atoms with Gasteiger partial charge < -0.3 is 5.73 Å². The van der Waals surface area contributed by atoms with Crippen LogP contribution in [0.1, 0.15) is 17.3 Å². The molecule has 84 valence electrons. The van der Waals surface area contributed by atoms with Crippen LogP contribution in [0.25, 0.3) is 0 Å². The maximum atomic E-state index is 6.26. The number of thioether (sulfide) groups is 1. The fourth-order valence-electron chi connectivity index (χ4n) is 1.77. The molecule has 0 spiro atoms. The molecule has 3 nitrogen and oxygen atoms in total. The highest BCUT2D eigenvalue weighted by Gasteiger charge is 2.15. The summed E-state index contributed by atoms with van der Waals surface area (Å²) in [4.78, 5) is 1.22. The van der Waals surface area contributed by atoms with Crippen molar-refractivity contribution in [2.75, 3.05) is 6.26 Å². The van der Waals surface area contributed by atoms with Crippen LogP contribution in [0, 0.1) is 0 Å². The first kappa shape index (κ1) is 11.2. The Morgan fingerprint density at radius 2 is 2.06 bits per heavy atom. The van der Waals surface area contributed by atoms with Gasteiger partial charge in [0.05, 0.1) is 11.7 Å². The van der Waals surface area contributed by atoms with Crippen molar-refractivity contribution in [3.8, 4) is 0 Å². The lowest BCUT2D eigenvalue weighted by Gasteiger charge is -2.15. The Labute approximate surface area is 99.7 Å². The lowest BCUT2D eigenvalue weighted by molar-refractivity contribution is 0.668. The third-order valence-corrected chi connectivity index (χ3v) is 3.46. The maximum absolute atomic E-state index is 6.26. The van der Waals surface area contributed by atoms with Crippen molar-refractivity contribution in [1.29, 1.82) is 0 Å². The van der Waals surface area contributed by atoms with E-state index in [1.165, 1.54) is 4.90 Å². The topological polar surface area (TPSA) is 43.8 Å². The number of aryl methyl sites for hydroxylation is 1. The summed E-state index contributed by atoms with van der Waals surface area (Å²) < 4.78 is 1.82. The van der Waals surface area contributed by atoms with E-state index in [1.807, 2.05) is 29.9 Å². The zero-order valence-corrected chi connectivity index (χ0v) is 10.2. The molecule has 1 atom stereocenters. The zero-order chi connectivity index (χ0) is 11.5. The predicted octanol–water partition coefficient (Wildman–Crippen LogP) is 2.19. The van der Waals surface area contributed by atoms with E-state index < -0.39 is 0 Å². The smallest absolute Gasteiger partial charge is 0.0733 e. The standard InChI is InChI=1S/C12H15N3S/c1-15-10(7-8-14-15)12(13)9-5-3-4-6-11(9)16-2/h3-8,12H,13H2,1-2H3. The quantitative estimate of drug-likeness (QED) is 0.826. The van der Waals surface area contributed by atoms with Crippen molar-refractivity contribution >= 4 is 11.8 Å². The molecule has 0 radical (unpaired) electrons. The van der Waals surface area contributed by atoms with Gasteiger partial charge in [0, 0.05) is 18.1 Å². The van der Waals surface area contributed by atoms with Crippen molar-refractivity contribution in [2.24, 2.45) is 12.8 Å². The summed E-state index contributed by atoms with van der Waals surface area (Å²) >= 11 is 1.72. The Bertz CT molecular complexity index is 479. The van der Waals surface area contributed by atoms with Gasteiger partial charge in [0.15, 0.2) is 0 Å². The summed E-state index contributed by atoms with van der Waals surface area (Å²) in [6.07, 6.45) is 3.84. The average molecular weight is 233 g/mol. The second kappa shape index (κ2) is 4.72. The van der Waals surface area contributed by atoms with Crippen LogP contribution in [0.5, 0.6) is 0 Å². The van der Waals surface area contributed by atoms with Gasteiger partial charge in [-0.3, -0.25) is 4.68 Å². The Hall–Kier alpha value is -1.26. The summed E-state index contributed by atoms with van der Waals surface area (Å²) in [5.41, 5.74) is 8.44. The first-order valence-corrected chi connectivity index (χ1v) is 6.33. The molecule has 1 heterocycles. The summed E-state index contributed by atoms with van der Waals surface area (Å²) in [6, 6.07) is 10.1. The van der Waals surface area contributed by atoms with Gasteiger partial charge in [-0.05, 0) is 24.0 Å². The van der Waals surface area contributed by atoms with Gasteiger partial charge in [0.2, 0.25) is 0 Å². The monoisotopic (exact) mass is 233 g/mol. The predicted molar refractivity (Wildman–Crippen MR) is 67.5 cm³/mol. The number of aromatic nitrogens is 2. The number of benzene rings is 1. The number of nitrogens with two attached hydrogens (primary N) is 1. The normalized spacial score (nSPS) is 12.7. The van der Waals surface area contributed by atoms with E-state index in [0.717, 1.165) is 11.3 Å². The molecular weight excluding hydrogens is 218 g/mol. The van der Waals surface area contributed by atoms with E-state index in [9.17, 15) is 0 Å². The molecule has 2 rings (SSSR count). The zero-order valence-electron chi connectivity index (χ0n) is 9.42. The summed E-state index contributed by atoms with van der Waals surface area (Å²) in [5, 5.41) is 4.15. The summed E-state index contributed by atoms with van der Waals surface area (Å²) in [7, 11) is 1.91. The Kier molecular flexibility index (Phi) is 3.31. The van der Waals surface area contributed by atoms with Crippen molar-refractivity contribution in [1.82, 2.24) is 9.78 Å². The molecule has 1 aromatic heterocycles. The molecular formula is C12H15N3S. The number of hydrogen-bond donors (Lipinski definition) is 1. The van der Waals surface area contributed by atoms with Crippen LogP contribution in [0.2, 0.25) is 0 Å². The highest BCUT2D eigenvalue weighted by molar-refractivity contribution is 7.98. The van der Waals surface area contributed by atoms with Crippen LogP contribution in [-0.2, 0) is 7.05 Å². The molecule has 4 heteroatoms. The minimum absolute atomic E-state index is 0.115. The van der Waals surface area contributed by atoms with E-state index >= 15 is 0 Å². The van der Waals surface area contributed by atoms with Gasteiger partial charge in [0.1, 0.15) is 0 Å². The van der Waals surface area contributed by atoms with Crippen LogP contribution in [0.3, 0.4) is 0 Å². The minimum Gasteiger partial charge on any atom is -0.319 e. The SMILES string of the molecule is CSc1ccccc1C(N)c1ccnn1C. The van der Waals surface area contributed by atoms with Crippen molar-refractivity contribution in [3.05, 3.63) is 47.8 Å². The molecule has 0 saturated carbocycles. The highest BCUT2D eigenvalue weighted by atomic mass is 32.2. The third kappa shape index (κ3) is 1.99. The van der Waals surface area contributed by atoms with Gasteiger partial charge in [-0.25, -0.2) is 0 Å². The van der Waals surface area contributed by atoms with Crippen molar-refractivity contribution in [3.63, 3.8) is 0 Å². The molecule has 16 heavy (non-hydrogen) atoms. The first-order valence-electron chi connectivity index (χ1n) is 5.10. The molecule has 1 aromatic carbocycles. The molecule has 0 aliphatic carbocycles.